The summed E-state index contributed by atoms with van der Waals surface area (Å²) in [5.74, 6) is 0.780. The summed E-state index contributed by atoms with van der Waals surface area (Å²) in [7, 11) is 0. The van der Waals surface area contributed by atoms with Gasteiger partial charge in [-0.15, -0.1) is 0 Å². The van der Waals surface area contributed by atoms with Crippen LogP contribution >= 0.6 is 0 Å². The van der Waals surface area contributed by atoms with Gasteiger partial charge in [0.15, 0.2) is 0 Å². The molecule has 29 heavy (non-hydrogen) atoms. The van der Waals surface area contributed by atoms with Gasteiger partial charge in [-0.2, -0.15) is 0 Å². The maximum Gasteiger partial charge on any atom is 0.254 e. The van der Waals surface area contributed by atoms with Crippen LogP contribution in [0.3, 0.4) is 0 Å². The summed E-state index contributed by atoms with van der Waals surface area (Å²) in [6, 6.07) is 10.8. The quantitative estimate of drug-likeness (QED) is 0.785. The Morgan fingerprint density at radius 2 is 1.76 bits per heavy atom. The van der Waals surface area contributed by atoms with Gasteiger partial charge in [-0.3, -0.25) is 4.79 Å². The largest absolute Gasteiger partial charge is 0.368 e. The number of likely N-dealkylation sites (tertiary alicyclic amines) is 1. The molecule has 1 aromatic carbocycles. The Bertz CT molecular complexity index is 833. The van der Waals surface area contributed by atoms with Gasteiger partial charge in [0.2, 0.25) is 0 Å². The van der Waals surface area contributed by atoms with Crippen LogP contribution < -0.4 is 9.80 Å². The smallest absolute Gasteiger partial charge is 0.254 e. The average Bonchev–Trinajstić information content (AvgIpc) is 2.79. The van der Waals surface area contributed by atoms with E-state index in [2.05, 4.69) is 26.6 Å². The molecule has 3 heterocycles. The van der Waals surface area contributed by atoms with Gasteiger partial charge in [0.25, 0.3) is 5.91 Å². The molecule has 1 atom stereocenters. The lowest BCUT2D eigenvalue weighted by Gasteiger charge is -2.37. The summed E-state index contributed by atoms with van der Waals surface area (Å²) in [4.78, 5) is 24.2. The minimum Gasteiger partial charge on any atom is -0.368 e. The van der Waals surface area contributed by atoms with Crippen LogP contribution in [0.15, 0.2) is 42.6 Å². The van der Waals surface area contributed by atoms with Crippen LogP contribution in [0.5, 0.6) is 0 Å². The maximum absolute atomic E-state index is 13.2. The number of carbonyl (C=O) groups excluding carboxylic acids is 1. The molecule has 6 heteroatoms. The molecule has 2 aliphatic rings. The van der Waals surface area contributed by atoms with E-state index in [0.717, 1.165) is 69.1 Å². The summed E-state index contributed by atoms with van der Waals surface area (Å²) in [6.45, 7) is 6.35. The number of halogens is 1. The van der Waals surface area contributed by atoms with Gasteiger partial charge in [0.1, 0.15) is 11.6 Å². The van der Waals surface area contributed by atoms with E-state index < -0.39 is 0 Å². The molecule has 1 amide bonds. The Morgan fingerprint density at radius 1 is 1.03 bits per heavy atom. The van der Waals surface area contributed by atoms with E-state index in [1.54, 1.807) is 6.20 Å². The van der Waals surface area contributed by atoms with Crippen LogP contribution in [-0.4, -0.2) is 54.6 Å². The Balaban J connectivity index is 1.42. The summed E-state index contributed by atoms with van der Waals surface area (Å²) >= 11 is 0. The molecule has 0 radical (unpaired) electrons. The van der Waals surface area contributed by atoms with E-state index in [1.807, 2.05) is 24.3 Å². The SMILES string of the molecule is CCC1CCCCN1C(=O)c1ccnc(N2CCN(c3ccc(F)cc3)CC2)c1. The van der Waals surface area contributed by atoms with E-state index in [9.17, 15) is 9.18 Å². The van der Waals surface area contributed by atoms with E-state index in [1.165, 1.54) is 18.6 Å². The van der Waals surface area contributed by atoms with Crippen molar-refractivity contribution >= 4 is 17.4 Å². The van der Waals surface area contributed by atoms with Gasteiger partial charge in [0.05, 0.1) is 0 Å². The fourth-order valence-electron chi connectivity index (χ4n) is 4.43. The van der Waals surface area contributed by atoms with Crippen molar-refractivity contribution in [1.82, 2.24) is 9.88 Å². The number of aromatic nitrogens is 1. The molecule has 0 spiro atoms. The topological polar surface area (TPSA) is 39.7 Å². The first-order valence-corrected chi connectivity index (χ1v) is 10.7. The predicted octanol–water partition coefficient (Wildman–Crippen LogP) is 3.95. The van der Waals surface area contributed by atoms with E-state index in [0.29, 0.717) is 6.04 Å². The van der Waals surface area contributed by atoms with Crippen LogP contribution in [0.1, 0.15) is 43.0 Å². The van der Waals surface area contributed by atoms with Crippen molar-refractivity contribution in [1.29, 1.82) is 0 Å². The minimum absolute atomic E-state index is 0.130. The number of nitrogens with zero attached hydrogens (tertiary/aromatic N) is 4. The van der Waals surface area contributed by atoms with E-state index in [4.69, 9.17) is 0 Å². The van der Waals surface area contributed by atoms with Gasteiger partial charge < -0.3 is 14.7 Å². The molecule has 2 saturated heterocycles. The number of anilines is 2. The highest BCUT2D eigenvalue weighted by atomic mass is 19.1. The number of amides is 1. The Morgan fingerprint density at radius 3 is 2.48 bits per heavy atom. The van der Waals surface area contributed by atoms with Crippen molar-refractivity contribution in [2.75, 3.05) is 42.5 Å². The first-order chi connectivity index (χ1) is 14.2. The van der Waals surface area contributed by atoms with Crippen LogP contribution in [0, 0.1) is 5.82 Å². The van der Waals surface area contributed by atoms with Crippen LogP contribution in [0.2, 0.25) is 0 Å². The number of piperazine rings is 1. The molecule has 1 aromatic heterocycles. The molecule has 5 nitrogen and oxygen atoms in total. The molecule has 0 saturated carbocycles. The third-order valence-electron chi connectivity index (χ3n) is 6.15. The van der Waals surface area contributed by atoms with Gasteiger partial charge >= 0.3 is 0 Å². The van der Waals surface area contributed by atoms with Gasteiger partial charge in [0, 0.05) is 56.2 Å². The standard InChI is InChI=1S/C23H29FN4O/c1-2-20-5-3-4-12-28(20)23(29)18-10-11-25-22(17-18)27-15-13-26(14-16-27)21-8-6-19(24)7-9-21/h6-11,17,20H,2-5,12-16H2,1H3. The number of benzene rings is 1. The number of piperidine rings is 1. The van der Waals surface area contributed by atoms with Crippen LogP contribution in [-0.2, 0) is 0 Å². The molecule has 0 N–H and O–H groups in total. The fraction of sp³-hybridized carbons (Fsp3) is 0.478. The highest BCUT2D eigenvalue weighted by molar-refractivity contribution is 5.95. The summed E-state index contributed by atoms with van der Waals surface area (Å²) in [6.07, 6.45) is 6.16. The number of rotatable bonds is 4. The second-order valence-corrected chi connectivity index (χ2v) is 7.91. The van der Waals surface area contributed by atoms with Gasteiger partial charge in [-0.05, 0) is 62.1 Å². The zero-order valence-electron chi connectivity index (χ0n) is 17.1. The molecule has 0 aliphatic carbocycles. The highest BCUT2D eigenvalue weighted by Crippen LogP contribution is 2.24. The summed E-state index contributed by atoms with van der Waals surface area (Å²) in [5, 5.41) is 0. The van der Waals surface area contributed by atoms with Crippen molar-refractivity contribution in [3.8, 4) is 0 Å². The lowest BCUT2D eigenvalue weighted by molar-refractivity contribution is 0.0608. The lowest BCUT2D eigenvalue weighted by Crippen LogP contribution is -2.47. The molecule has 0 bridgehead atoms. The summed E-state index contributed by atoms with van der Waals surface area (Å²) < 4.78 is 13.2. The van der Waals surface area contributed by atoms with E-state index in [-0.39, 0.29) is 11.7 Å². The zero-order chi connectivity index (χ0) is 20.2. The van der Waals surface area contributed by atoms with E-state index >= 15 is 0 Å². The maximum atomic E-state index is 13.2. The third kappa shape index (κ3) is 4.36. The molecule has 2 aliphatic heterocycles. The first kappa shape index (κ1) is 19.7. The monoisotopic (exact) mass is 396 g/mol. The fourth-order valence-corrected chi connectivity index (χ4v) is 4.43. The Labute approximate surface area is 172 Å². The van der Waals surface area contributed by atoms with Crippen LogP contribution in [0.25, 0.3) is 0 Å². The predicted molar refractivity (Wildman–Crippen MR) is 114 cm³/mol. The second-order valence-electron chi connectivity index (χ2n) is 7.91. The molecule has 2 aromatic rings. The number of hydrogen-bond donors (Lipinski definition) is 0. The van der Waals surface area contributed by atoms with Gasteiger partial charge in [-0.25, -0.2) is 9.37 Å². The molecule has 4 rings (SSSR count). The normalized spacial score (nSPS) is 20.1. The van der Waals surface area contributed by atoms with Gasteiger partial charge in [-0.1, -0.05) is 6.92 Å². The number of pyridine rings is 1. The second kappa shape index (κ2) is 8.80. The molecular formula is C23H29FN4O. The minimum atomic E-state index is -0.211. The van der Waals surface area contributed by atoms with Crippen LogP contribution in [0.4, 0.5) is 15.9 Å². The highest BCUT2D eigenvalue weighted by Gasteiger charge is 2.27. The Kier molecular flexibility index (Phi) is 5.97. The van der Waals surface area contributed by atoms with Crippen molar-refractivity contribution in [3.63, 3.8) is 0 Å². The van der Waals surface area contributed by atoms with Crippen molar-refractivity contribution in [2.45, 2.75) is 38.6 Å². The van der Waals surface area contributed by atoms with Crippen molar-refractivity contribution in [3.05, 3.63) is 54.0 Å². The number of hydrogen-bond acceptors (Lipinski definition) is 4. The van der Waals surface area contributed by atoms with Crippen molar-refractivity contribution in [2.24, 2.45) is 0 Å². The third-order valence-corrected chi connectivity index (χ3v) is 6.15. The molecule has 1 unspecified atom stereocenters. The Hall–Kier alpha value is -2.63. The lowest BCUT2D eigenvalue weighted by atomic mass is 9.99. The molecule has 154 valence electrons. The summed E-state index contributed by atoms with van der Waals surface area (Å²) in [5.41, 5.74) is 1.77. The van der Waals surface area contributed by atoms with Crippen molar-refractivity contribution < 1.29 is 9.18 Å². The first-order valence-electron chi connectivity index (χ1n) is 10.7. The zero-order valence-corrected chi connectivity index (χ0v) is 17.1. The average molecular weight is 397 g/mol. The number of carbonyl (C=O) groups is 1. The molecule has 2 fully saturated rings. The molecular weight excluding hydrogens is 367 g/mol.